The van der Waals surface area contributed by atoms with Crippen LogP contribution in [0.4, 0.5) is 0 Å². The van der Waals surface area contributed by atoms with E-state index in [9.17, 15) is 5.11 Å². The zero-order chi connectivity index (χ0) is 12.7. The molecule has 0 fully saturated rings. The molecule has 2 atom stereocenters. The number of hydrogen-bond acceptors (Lipinski definition) is 4. The zero-order valence-electron chi connectivity index (χ0n) is 10.8. The molecule has 0 saturated heterocycles. The largest absolute Gasteiger partial charge is 0.378 e. The van der Waals surface area contributed by atoms with Crippen molar-refractivity contribution in [1.29, 1.82) is 0 Å². The van der Waals surface area contributed by atoms with Gasteiger partial charge >= 0.3 is 0 Å². The minimum absolute atomic E-state index is 0.0742. The first kappa shape index (κ1) is 14.8. The van der Waals surface area contributed by atoms with Crippen molar-refractivity contribution in [3.63, 3.8) is 0 Å². The molecule has 1 aliphatic rings. The lowest BCUT2D eigenvalue weighted by Crippen LogP contribution is -2.28. The summed E-state index contributed by atoms with van der Waals surface area (Å²) in [6, 6.07) is 0. The molecule has 17 heavy (non-hydrogen) atoms. The molecule has 1 aliphatic carbocycles. The van der Waals surface area contributed by atoms with Crippen LogP contribution in [0.2, 0.25) is 0 Å². The number of aliphatic hydroxyl groups excluding tert-OH is 1. The lowest BCUT2D eigenvalue weighted by atomic mass is 9.99. The van der Waals surface area contributed by atoms with Gasteiger partial charge in [-0.1, -0.05) is 32.1 Å². The summed E-state index contributed by atoms with van der Waals surface area (Å²) in [6.07, 6.45) is 8.71. The van der Waals surface area contributed by atoms with Crippen LogP contribution in [0.3, 0.4) is 0 Å². The van der Waals surface area contributed by atoms with Crippen molar-refractivity contribution < 1.29 is 5.11 Å². The second kappa shape index (κ2) is 7.93. The zero-order valence-corrected chi connectivity index (χ0v) is 11.6. The fourth-order valence-electron chi connectivity index (χ4n) is 1.79. The molecule has 4 heteroatoms. The van der Waals surface area contributed by atoms with Crippen LogP contribution in [0.15, 0.2) is 23.1 Å². The van der Waals surface area contributed by atoms with E-state index >= 15 is 0 Å². The van der Waals surface area contributed by atoms with E-state index < -0.39 is 6.23 Å². The lowest BCUT2D eigenvalue weighted by Gasteiger charge is -2.23. The first-order valence-electron chi connectivity index (χ1n) is 6.42. The van der Waals surface area contributed by atoms with Gasteiger partial charge in [0, 0.05) is 23.9 Å². The Hall–Kier alpha value is -0.290. The molecule has 0 spiro atoms. The van der Waals surface area contributed by atoms with Gasteiger partial charge in [0.25, 0.3) is 0 Å². The topological polar surface area (TPSA) is 49.5 Å². The van der Waals surface area contributed by atoms with Gasteiger partial charge in [-0.15, -0.1) is 0 Å². The Morgan fingerprint density at radius 1 is 1.47 bits per heavy atom. The first-order chi connectivity index (χ1) is 8.17. The monoisotopic (exact) mass is 256 g/mol. The van der Waals surface area contributed by atoms with Gasteiger partial charge < -0.3 is 10.8 Å². The van der Waals surface area contributed by atoms with Gasteiger partial charge in [-0.25, -0.2) is 4.31 Å². The Labute approximate surface area is 109 Å². The van der Waals surface area contributed by atoms with Gasteiger partial charge in [-0.2, -0.15) is 0 Å². The molecular weight excluding hydrogens is 232 g/mol. The van der Waals surface area contributed by atoms with Crippen LogP contribution >= 0.6 is 11.9 Å². The molecule has 0 aromatic carbocycles. The molecular formula is C13H24N2OS. The second-order valence-electron chi connectivity index (χ2n) is 4.38. The van der Waals surface area contributed by atoms with E-state index in [-0.39, 0.29) is 5.92 Å². The Morgan fingerprint density at radius 2 is 2.12 bits per heavy atom. The van der Waals surface area contributed by atoms with Crippen LogP contribution < -0.4 is 5.73 Å². The molecule has 0 aromatic rings. The highest BCUT2D eigenvalue weighted by molar-refractivity contribution is 8.01. The van der Waals surface area contributed by atoms with E-state index in [0.29, 0.717) is 0 Å². The van der Waals surface area contributed by atoms with E-state index in [2.05, 4.69) is 30.3 Å². The molecule has 0 radical (unpaired) electrons. The Morgan fingerprint density at radius 3 is 2.53 bits per heavy atom. The normalized spacial score (nSPS) is 21.7. The summed E-state index contributed by atoms with van der Waals surface area (Å²) in [5, 5.41) is 9.29. The fraction of sp³-hybridized carbons (Fsp3) is 0.692. The van der Waals surface area contributed by atoms with Crippen LogP contribution in [-0.2, 0) is 0 Å². The Balaban J connectivity index is 2.44. The van der Waals surface area contributed by atoms with E-state index in [4.69, 9.17) is 5.73 Å². The molecule has 0 saturated carbocycles. The molecule has 0 bridgehead atoms. The fourth-order valence-corrected chi connectivity index (χ4v) is 2.95. The van der Waals surface area contributed by atoms with Crippen molar-refractivity contribution in [3.8, 4) is 0 Å². The van der Waals surface area contributed by atoms with Gasteiger partial charge in [0.1, 0.15) is 6.23 Å². The van der Waals surface area contributed by atoms with Crippen molar-refractivity contribution in [2.75, 3.05) is 13.1 Å². The third kappa shape index (κ3) is 5.25. The smallest absolute Gasteiger partial charge is 0.109 e. The highest BCUT2D eigenvalue weighted by Crippen LogP contribution is 2.28. The number of nitrogens with two attached hydrogens (primary N) is 1. The summed E-state index contributed by atoms with van der Waals surface area (Å²) in [6.45, 7) is 6.64. The maximum atomic E-state index is 9.29. The predicted octanol–water partition coefficient (Wildman–Crippen LogP) is 2.49. The number of aliphatic hydroxyl groups is 1. The third-order valence-electron chi connectivity index (χ3n) is 2.72. The molecule has 0 amide bonds. The molecule has 0 aromatic heterocycles. The average molecular weight is 256 g/mol. The van der Waals surface area contributed by atoms with Crippen molar-refractivity contribution in [2.24, 2.45) is 11.7 Å². The number of allylic oxidation sites excluding steroid dienone is 2. The minimum Gasteiger partial charge on any atom is -0.378 e. The lowest BCUT2D eigenvalue weighted by molar-refractivity contribution is 0.137. The van der Waals surface area contributed by atoms with E-state index in [0.717, 1.165) is 19.5 Å². The Kier molecular flexibility index (Phi) is 6.89. The van der Waals surface area contributed by atoms with Gasteiger partial charge in [-0.3, -0.25) is 0 Å². The second-order valence-corrected chi connectivity index (χ2v) is 5.55. The maximum Gasteiger partial charge on any atom is 0.109 e. The molecule has 3 nitrogen and oxygen atoms in total. The van der Waals surface area contributed by atoms with E-state index in [1.807, 2.05) is 18.0 Å². The van der Waals surface area contributed by atoms with Crippen LogP contribution in [0.25, 0.3) is 0 Å². The molecule has 3 N–H and O–H groups in total. The Bertz CT molecular complexity index is 271. The van der Waals surface area contributed by atoms with Gasteiger partial charge in [0.2, 0.25) is 0 Å². The van der Waals surface area contributed by atoms with Crippen LogP contribution in [0, 0.1) is 5.92 Å². The first-order valence-corrected chi connectivity index (χ1v) is 7.19. The van der Waals surface area contributed by atoms with Gasteiger partial charge in [0.05, 0.1) is 0 Å². The summed E-state index contributed by atoms with van der Waals surface area (Å²) in [4.78, 5) is 1.27. The summed E-state index contributed by atoms with van der Waals surface area (Å²) >= 11 is 1.81. The van der Waals surface area contributed by atoms with E-state index in [1.54, 1.807) is 0 Å². The quantitative estimate of drug-likeness (QED) is 0.543. The summed E-state index contributed by atoms with van der Waals surface area (Å²) in [7, 11) is 0. The van der Waals surface area contributed by atoms with Crippen molar-refractivity contribution >= 4 is 11.9 Å². The molecule has 0 heterocycles. The van der Waals surface area contributed by atoms with Crippen molar-refractivity contribution in [3.05, 3.63) is 23.1 Å². The average Bonchev–Trinajstić information content (AvgIpc) is 2.30. The standard InChI is InChI=1S/C13H24N2OS/c1-3-9-15(10-4-2)17-12-7-5-11(6-8-12)13(14)16/h5,7-8,11,13,16H,3-4,6,9-10,14H2,1-2H3. The van der Waals surface area contributed by atoms with Gasteiger partial charge in [-0.05, 0) is 31.2 Å². The number of hydrogen-bond donors (Lipinski definition) is 2. The molecule has 98 valence electrons. The minimum atomic E-state index is -0.739. The highest BCUT2D eigenvalue weighted by atomic mass is 32.2. The molecule has 0 aliphatic heterocycles. The van der Waals surface area contributed by atoms with Crippen LogP contribution in [0.5, 0.6) is 0 Å². The van der Waals surface area contributed by atoms with Crippen molar-refractivity contribution in [1.82, 2.24) is 4.31 Å². The SMILES string of the molecule is CCCN(CCC)SC1=CCC(C(N)O)C=C1. The molecule has 1 rings (SSSR count). The molecule has 2 unspecified atom stereocenters. The predicted molar refractivity (Wildman–Crippen MR) is 75.3 cm³/mol. The summed E-state index contributed by atoms with van der Waals surface area (Å²) in [5.41, 5.74) is 5.47. The third-order valence-corrected chi connectivity index (χ3v) is 3.85. The maximum absolute atomic E-state index is 9.29. The van der Waals surface area contributed by atoms with E-state index in [1.165, 1.54) is 17.7 Å². The van der Waals surface area contributed by atoms with Gasteiger partial charge in [0.15, 0.2) is 0 Å². The number of nitrogens with zero attached hydrogens (tertiary/aromatic N) is 1. The van der Waals surface area contributed by atoms with Crippen LogP contribution in [0.1, 0.15) is 33.1 Å². The summed E-state index contributed by atoms with van der Waals surface area (Å²) in [5.74, 6) is 0.0742. The summed E-state index contributed by atoms with van der Waals surface area (Å²) < 4.78 is 2.40. The van der Waals surface area contributed by atoms with Crippen LogP contribution in [-0.4, -0.2) is 28.7 Å². The number of rotatable bonds is 7. The van der Waals surface area contributed by atoms with Crippen molar-refractivity contribution in [2.45, 2.75) is 39.3 Å². The highest BCUT2D eigenvalue weighted by Gasteiger charge is 2.15.